The molecule has 3 rings (SSSR count). The number of nitro benzene ring substituents is 1. The maximum absolute atomic E-state index is 14.0. The first-order valence-electron chi connectivity index (χ1n) is 13.4. The smallest absolute Gasteiger partial charge is 0.273 e. The second kappa shape index (κ2) is 13.9. The summed E-state index contributed by atoms with van der Waals surface area (Å²) in [6, 6.07) is 16.2. The highest BCUT2D eigenvalue weighted by Crippen LogP contribution is 2.29. The number of carbonyl (C=O) groups excluding carboxylic acids is 2. The molecule has 1 unspecified atom stereocenters. The minimum absolute atomic E-state index is 0.0618. The van der Waals surface area contributed by atoms with Crippen molar-refractivity contribution in [2.75, 3.05) is 24.5 Å². The third kappa shape index (κ3) is 7.64. The topological polar surface area (TPSA) is 139 Å². The normalized spacial score (nSPS) is 11.8. The summed E-state index contributed by atoms with van der Waals surface area (Å²) in [5.41, 5.74) is 1.86. The number of carbonyl (C=O) groups is 2. The number of amides is 2. The molecule has 0 aliphatic heterocycles. The van der Waals surface area contributed by atoms with Crippen molar-refractivity contribution in [3.63, 3.8) is 0 Å². The number of ether oxygens (including phenoxy) is 1. The lowest BCUT2D eigenvalue weighted by Crippen LogP contribution is -2.51. The van der Waals surface area contributed by atoms with E-state index in [1.165, 1.54) is 43.2 Å². The van der Waals surface area contributed by atoms with E-state index in [1.54, 1.807) is 19.1 Å². The number of anilines is 1. The van der Waals surface area contributed by atoms with Gasteiger partial charge >= 0.3 is 0 Å². The molecule has 3 aromatic carbocycles. The average molecular weight is 597 g/mol. The SMILES string of the molecule is CCCNC(=O)C(C)N(Cc1ccc(C)cc1)C(=O)CN(c1ccc(OC)cc1)S(=O)(=O)c1ccc(C)c([N+](=O)[O-])c1. The fourth-order valence-corrected chi connectivity index (χ4v) is 5.65. The van der Waals surface area contributed by atoms with E-state index in [0.29, 0.717) is 24.3 Å². The van der Waals surface area contributed by atoms with Gasteiger partial charge in [-0.25, -0.2) is 8.42 Å². The van der Waals surface area contributed by atoms with Crippen LogP contribution in [0.2, 0.25) is 0 Å². The molecule has 42 heavy (non-hydrogen) atoms. The molecule has 0 saturated heterocycles. The van der Waals surface area contributed by atoms with Gasteiger partial charge in [-0.05, 0) is 63.1 Å². The number of sulfonamides is 1. The molecule has 3 aromatic rings. The number of nitro groups is 1. The molecule has 1 atom stereocenters. The largest absolute Gasteiger partial charge is 0.497 e. The maximum atomic E-state index is 14.0. The number of methoxy groups -OCH3 is 1. The van der Waals surface area contributed by atoms with E-state index in [4.69, 9.17) is 4.74 Å². The Hall–Kier alpha value is -4.45. The highest BCUT2D eigenvalue weighted by Gasteiger charge is 2.33. The monoisotopic (exact) mass is 596 g/mol. The van der Waals surface area contributed by atoms with Gasteiger partial charge < -0.3 is 15.0 Å². The molecule has 0 heterocycles. The highest BCUT2D eigenvalue weighted by atomic mass is 32.2. The van der Waals surface area contributed by atoms with Crippen molar-refractivity contribution in [1.29, 1.82) is 0 Å². The maximum Gasteiger partial charge on any atom is 0.273 e. The Morgan fingerprint density at radius 3 is 2.24 bits per heavy atom. The van der Waals surface area contributed by atoms with Gasteiger partial charge in [0.1, 0.15) is 18.3 Å². The number of aryl methyl sites for hydroxylation is 2. The standard InChI is InChI=1S/C30H36N4O7S/c1-6-17-31-30(36)23(4)32(19-24-10-7-21(2)8-11-24)29(35)20-33(25-12-14-26(41-5)15-13-25)42(39,40)27-16-9-22(3)28(18-27)34(37)38/h7-16,18,23H,6,17,19-20H2,1-5H3,(H,31,36). The van der Waals surface area contributed by atoms with Crippen LogP contribution >= 0.6 is 0 Å². The van der Waals surface area contributed by atoms with Gasteiger partial charge in [0, 0.05) is 24.7 Å². The Morgan fingerprint density at radius 1 is 1.02 bits per heavy atom. The molecule has 0 bridgehead atoms. The van der Waals surface area contributed by atoms with E-state index in [0.717, 1.165) is 21.5 Å². The van der Waals surface area contributed by atoms with E-state index >= 15 is 0 Å². The van der Waals surface area contributed by atoms with Crippen molar-refractivity contribution < 1.29 is 27.7 Å². The second-order valence-corrected chi connectivity index (χ2v) is 11.8. The fraction of sp³-hybridized carbons (Fsp3) is 0.333. The summed E-state index contributed by atoms with van der Waals surface area (Å²) >= 11 is 0. The predicted molar refractivity (Wildman–Crippen MR) is 160 cm³/mol. The van der Waals surface area contributed by atoms with Gasteiger partial charge in [-0.1, -0.05) is 42.8 Å². The Bertz CT molecular complexity index is 1520. The van der Waals surface area contributed by atoms with Crippen molar-refractivity contribution in [3.8, 4) is 5.75 Å². The third-order valence-electron chi connectivity index (χ3n) is 6.79. The molecule has 0 aliphatic carbocycles. The first kappa shape index (κ1) is 32.1. The van der Waals surface area contributed by atoms with E-state index in [9.17, 15) is 28.1 Å². The summed E-state index contributed by atoms with van der Waals surface area (Å²) in [4.78, 5) is 38.8. The minimum Gasteiger partial charge on any atom is -0.497 e. The molecule has 0 fully saturated rings. The van der Waals surface area contributed by atoms with Crippen LogP contribution in [0.5, 0.6) is 5.75 Å². The third-order valence-corrected chi connectivity index (χ3v) is 8.56. The van der Waals surface area contributed by atoms with Crippen molar-refractivity contribution in [1.82, 2.24) is 10.2 Å². The molecule has 11 nitrogen and oxygen atoms in total. The van der Waals surface area contributed by atoms with Gasteiger partial charge in [0.2, 0.25) is 11.8 Å². The van der Waals surface area contributed by atoms with Gasteiger partial charge in [-0.2, -0.15) is 0 Å². The van der Waals surface area contributed by atoms with Crippen molar-refractivity contribution in [3.05, 3.63) is 93.5 Å². The van der Waals surface area contributed by atoms with Crippen LogP contribution in [0.25, 0.3) is 0 Å². The van der Waals surface area contributed by atoms with Crippen LogP contribution in [0.3, 0.4) is 0 Å². The van der Waals surface area contributed by atoms with Crippen LogP contribution in [0.15, 0.2) is 71.6 Å². The predicted octanol–water partition coefficient (Wildman–Crippen LogP) is 4.36. The van der Waals surface area contributed by atoms with E-state index in [-0.39, 0.29) is 28.7 Å². The summed E-state index contributed by atoms with van der Waals surface area (Å²) in [7, 11) is -3.01. The van der Waals surface area contributed by atoms with Gasteiger partial charge in [0.25, 0.3) is 15.7 Å². The van der Waals surface area contributed by atoms with Crippen molar-refractivity contribution in [2.24, 2.45) is 0 Å². The van der Waals surface area contributed by atoms with Crippen LogP contribution in [-0.4, -0.2) is 56.3 Å². The van der Waals surface area contributed by atoms with E-state index in [2.05, 4.69) is 5.32 Å². The summed E-state index contributed by atoms with van der Waals surface area (Å²) in [6.45, 7) is 6.77. The van der Waals surface area contributed by atoms with Gasteiger partial charge in [-0.3, -0.25) is 24.0 Å². The first-order valence-corrected chi connectivity index (χ1v) is 14.9. The molecule has 2 amide bonds. The van der Waals surface area contributed by atoms with Crippen LogP contribution < -0.4 is 14.4 Å². The molecule has 0 radical (unpaired) electrons. The van der Waals surface area contributed by atoms with E-state index < -0.39 is 33.4 Å². The lowest BCUT2D eigenvalue weighted by atomic mass is 10.1. The molecule has 0 aromatic heterocycles. The average Bonchev–Trinajstić information content (AvgIpc) is 2.97. The molecule has 0 spiro atoms. The minimum atomic E-state index is -4.47. The Kier molecular flexibility index (Phi) is 10.6. The Balaban J connectivity index is 2.08. The summed E-state index contributed by atoms with van der Waals surface area (Å²) in [5, 5.41) is 14.4. The van der Waals surface area contributed by atoms with E-state index in [1.807, 2.05) is 38.1 Å². The molecule has 0 aliphatic rings. The van der Waals surface area contributed by atoms with Crippen LogP contribution in [-0.2, 0) is 26.2 Å². The summed E-state index contributed by atoms with van der Waals surface area (Å²) < 4.78 is 34.1. The quantitative estimate of drug-likeness (QED) is 0.228. The number of hydrogen-bond donors (Lipinski definition) is 1. The van der Waals surface area contributed by atoms with Gasteiger partial charge in [-0.15, -0.1) is 0 Å². The molecule has 224 valence electrons. The summed E-state index contributed by atoms with van der Waals surface area (Å²) in [5.74, 6) is -0.531. The zero-order chi connectivity index (χ0) is 31.0. The molecule has 12 heteroatoms. The highest BCUT2D eigenvalue weighted by molar-refractivity contribution is 7.92. The Labute approximate surface area is 246 Å². The number of benzene rings is 3. The van der Waals surface area contributed by atoms with Crippen LogP contribution in [0.1, 0.15) is 37.0 Å². The number of nitrogens with one attached hydrogen (secondary N) is 1. The van der Waals surface area contributed by atoms with Crippen LogP contribution in [0.4, 0.5) is 11.4 Å². The first-order chi connectivity index (χ1) is 19.9. The number of rotatable bonds is 13. The van der Waals surface area contributed by atoms with Crippen molar-refractivity contribution in [2.45, 2.75) is 51.6 Å². The van der Waals surface area contributed by atoms with Gasteiger partial charge in [0.05, 0.1) is 22.6 Å². The zero-order valence-electron chi connectivity index (χ0n) is 24.4. The Morgan fingerprint density at radius 2 is 1.67 bits per heavy atom. The van der Waals surface area contributed by atoms with Gasteiger partial charge in [0.15, 0.2) is 0 Å². The lowest BCUT2D eigenvalue weighted by molar-refractivity contribution is -0.385. The summed E-state index contributed by atoms with van der Waals surface area (Å²) in [6.07, 6.45) is 0.705. The molecule has 0 saturated carbocycles. The second-order valence-electron chi connectivity index (χ2n) is 9.89. The zero-order valence-corrected chi connectivity index (χ0v) is 25.2. The molecular formula is C30H36N4O7S. The van der Waals surface area contributed by atoms with Crippen molar-refractivity contribution >= 4 is 33.2 Å². The van der Waals surface area contributed by atoms with Crippen LogP contribution in [0, 0.1) is 24.0 Å². The molecule has 1 N–H and O–H groups in total. The number of hydrogen-bond acceptors (Lipinski definition) is 7. The molecular weight excluding hydrogens is 560 g/mol. The fourth-order valence-electron chi connectivity index (χ4n) is 4.22. The lowest BCUT2D eigenvalue weighted by Gasteiger charge is -2.32. The number of nitrogens with zero attached hydrogens (tertiary/aromatic N) is 3.